The maximum atomic E-state index is 12.5. The average Bonchev–Trinajstić information content (AvgIpc) is 2.89. The zero-order chi connectivity index (χ0) is 17.7. The first-order valence-electron chi connectivity index (χ1n) is 8.56. The van der Waals surface area contributed by atoms with Crippen LogP contribution < -0.4 is 11.0 Å². The predicted molar refractivity (Wildman–Crippen MR) is 98.0 cm³/mol. The summed E-state index contributed by atoms with van der Waals surface area (Å²) in [6, 6.07) is 6.29. The van der Waals surface area contributed by atoms with Crippen molar-refractivity contribution in [1.29, 1.82) is 0 Å². The van der Waals surface area contributed by atoms with Crippen molar-refractivity contribution in [3.05, 3.63) is 53.5 Å². The number of nitrogens with one attached hydrogen (secondary N) is 1. The highest BCUT2D eigenvalue weighted by Gasteiger charge is 2.34. The summed E-state index contributed by atoms with van der Waals surface area (Å²) in [7, 11) is 1.73. The van der Waals surface area contributed by atoms with Gasteiger partial charge in [0.15, 0.2) is 11.3 Å². The van der Waals surface area contributed by atoms with E-state index in [1.54, 1.807) is 41.0 Å². The van der Waals surface area contributed by atoms with Gasteiger partial charge in [0.05, 0.1) is 5.52 Å². The van der Waals surface area contributed by atoms with Crippen LogP contribution in [0.2, 0.25) is 0 Å². The Bertz CT molecular complexity index is 1170. The number of imidazole rings is 1. The van der Waals surface area contributed by atoms with Crippen LogP contribution in [0.5, 0.6) is 0 Å². The van der Waals surface area contributed by atoms with Crippen molar-refractivity contribution in [3.63, 3.8) is 0 Å². The highest BCUT2D eigenvalue weighted by molar-refractivity contribution is 5.79. The van der Waals surface area contributed by atoms with E-state index in [4.69, 9.17) is 0 Å². The lowest BCUT2D eigenvalue weighted by Crippen LogP contribution is -2.41. The van der Waals surface area contributed by atoms with Gasteiger partial charge < -0.3 is 5.32 Å². The van der Waals surface area contributed by atoms with Gasteiger partial charge in [-0.2, -0.15) is 0 Å². The molecule has 0 spiro atoms. The van der Waals surface area contributed by atoms with E-state index >= 15 is 0 Å². The molecule has 8 nitrogen and oxygen atoms in total. The summed E-state index contributed by atoms with van der Waals surface area (Å²) in [4.78, 5) is 29.9. The maximum absolute atomic E-state index is 12.5. The molecule has 0 aliphatic heterocycles. The first kappa shape index (κ1) is 15.0. The number of hydrogen-bond donors (Lipinski definition) is 1. The number of hydrogen-bond acceptors (Lipinski definition) is 6. The standard InChI is InChI=1S/C18H17N7O/c1-24-16-17(21-7-6-20-16)25(18(24)26)13-8-12(9-13)22-15-3-2-11-10-19-5-4-14(11)23-15/h2-7,10,12-13H,8-9H2,1H3,(H,22,23)/t12-,13-. The highest BCUT2D eigenvalue weighted by Crippen LogP contribution is 2.34. The Hall–Kier alpha value is -3.29. The Morgan fingerprint density at radius 1 is 1.08 bits per heavy atom. The fourth-order valence-corrected chi connectivity index (χ4v) is 3.57. The molecule has 0 saturated heterocycles. The zero-order valence-electron chi connectivity index (χ0n) is 14.2. The van der Waals surface area contributed by atoms with Crippen LogP contribution >= 0.6 is 0 Å². The first-order valence-corrected chi connectivity index (χ1v) is 8.56. The van der Waals surface area contributed by atoms with Gasteiger partial charge >= 0.3 is 5.69 Å². The van der Waals surface area contributed by atoms with E-state index in [0.717, 1.165) is 29.6 Å². The Morgan fingerprint density at radius 2 is 1.88 bits per heavy atom. The lowest BCUT2D eigenvalue weighted by atomic mass is 9.86. The van der Waals surface area contributed by atoms with Crippen molar-refractivity contribution in [2.45, 2.75) is 24.9 Å². The van der Waals surface area contributed by atoms with E-state index in [1.165, 1.54) is 0 Å². The molecule has 0 radical (unpaired) electrons. The molecule has 1 aliphatic carbocycles. The third-order valence-corrected chi connectivity index (χ3v) is 5.02. The van der Waals surface area contributed by atoms with Gasteiger partial charge in [0.2, 0.25) is 0 Å². The zero-order valence-corrected chi connectivity index (χ0v) is 14.2. The monoisotopic (exact) mass is 347 g/mol. The Kier molecular flexibility index (Phi) is 3.24. The topological polar surface area (TPSA) is 90.5 Å². The van der Waals surface area contributed by atoms with E-state index < -0.39 is 0 Å². The molecule has 5 rings (SSSR count). The first-order chi connectivity index (χ1) is 12.7. The second-order valence-electron chi connectivity index (χ2n) is 6.65. The van der Waals surface area contributed by atoms with E-state index in [9.17, 15) is 4.79 Å². The van der Waals surface area contributed by atoms with Crippen molar-refractivity contribution >= 4 is 28.0 Å². The Balaban J connectivity index is 1.36. The molecule has 4 aromatic heterocycles. The van der Waals surface area contributed by atoms with Crippen LogP contribution in [0.1, 0.15) is 18.9 Å². The number of aryl methyl sites for hydroxylation is 1. The van der Waals surface area contributed by atoms with E-state index in [2.05, 4.69) is 25.3 Å². The molecule has 4 aromatic rings. The molecule has 1 N–H and O–H groups in total. The summed E-state index contributed by atoms with van der Waals surface area (Å²) in [5, 5.41) is 4.47. The number of rotatable bonds is 3. The largest absolute Gasteiger partial charge is 0.367 e. The number of fused-ring (bicyclic) bond motifs is 2. The van der Waals surface area contributed by atoms with Crippen molar-refractivity contribution in [3.8, 4) is 0 Å². The smallest absolute Gasteiger partial charge is 0.331 e. The second-order valence-corrected chi connectivity index (χ2v) is 6.65. The van der Waals surface area contributed by atoms with Crippen LogP contribution in [0.25, 0.3) is 22.2 Å². The van der Waals surface area contributed by atoms with Gasteiger partial charge in [-0.3, -0.25) is 14.1 Å². The predicted octanol–water partition coefficient (Wildman–Crippen LogP) is 1.89. The van der Waals surface area contributed by atoms with Gasteiger partial charge in [0, 0.05) is 49.3 Å². The van der Waals surface area contributed by atoms with Crippen molar-refractivity contribution < 1.29 is 0 Å². The fraction of sp³-hybridized carbons (Fsp3) is 0.278. The number of nitrogens with zero attached hydrogens (tertiary/aromatic N) is 6. The van der Waals surface area contributed by atoms with Gasteiger partial charge in [0.25, 0.3) is 0 Å². The van der Waals surface area contributed by atoms with Crippen LogP contribution in [-0.4, -0.2) is 35.1 Å². The van der Waals surface area contributed by atoms with Crippen molar-refractivity contribution in [2.24, 2.45) is 7.05 Å². The van der Waals surface area contributed by atoms with E-state index in [1.807, 2.05) is 18.2 Å². The maximum Gasteiger partial charge on any atom is 0.331 e. The lowest BCUT2D eigenvalue weighted by molar-refractivity contribution is 0.280. The van der Waals surface area contributed by atoms with Crippen molar-refractivity contribution in [2.75, 3.05) is 5.32 Å². The molecule has 0 aromatic carbocycles. The summed E-state index contributed by atoms with van der Waals surface area (Å²) >= 11 is 0. The minimum absolute atomic E-state index is 0.0639. The van der Waals surface area contributed by atoms with E-state index in [-0.39, 0.29) is 17.8 Å². The molecule has 0 amide bonds. The molecule has 26 heavy (non-hydrogen) atoms. The molecule has 4 heterocycles. The van der Waals surface area contributed by atoms with Crippen LogP contribution in [0.15, 0.2) is 47.8 Å². The number of anilines is 1. The van der Waals surface area contributed by atoms with Crippen LogP contribution in [0.3, 0.4) is 0 Å². The Labute approximate surface area is 148 Å². The summed E-state index contributed by atoms with van der Waals surface area (Å²) in [5.74, 6) is 0.845. The van der Waals surface area contributed by atoms with Gasteiger partial charge in [-0.15, -0.1) is 0 Å². The molecule has 130 valence electrons. The molecule has 0 bridgehead atoms. The summed E-state index contributed by atoms with van der Waals surface area (Å²) < 4.78 is 3.32. The molecule has 1 saturated carbocycles. The molecular weight excluding hydrogens is 330 g/mol. The van der Waals surface area contributed by atoms with Crippen LogP contribution in [-0.2, 0) is 7.05 Å². The third-order valence-electron chi connectivity index (χ3n) is 5.02. The van der Waals surface area contributed by atoms with Crippen molar-refractivity contribution in [1.82, 2.24) is 29.1 Å². The molecule has 1 aliphatic rings. The van der Waals surface area contributed by atoms with Gasteiger partial charge in [-0.1, -0.05) is 0 Å². The minimum atomic E-state index is -0.0639. The fourth-order valence-electron chi connectivity index (χ4n) is 3.57. The minimum Gasteiger partial charge on any atom is -0.367 e. The average molecular weight is 347 g/mol. The number of pyridine rings is 2. The van der Waals surface area contributed by atoms with Gasteiger partial charge in [-0.05, 0) is 31.0 Å². The normalized spacial score (nSPS) is 19.6. The molecule has 0 unspecified atom stereocenters. The second kappa shape index (κ2) is 5.62. The van der Waals surface area contributed by atoms with Gasteiger partial charge in [-0.25, -0.2) is 19.7 Å². The van der Waals surface area contributed by atoms with Gasteiger partial charge in [0.1, 0.15) is 5.82 Å². The highest BCUT2D eigenvalue weighted by atomic mass is 16.1. The SMILES string of the molecule is Cn1c(=O)n([C@H]2C[C@H](Nc3ccc4cnccc4n3)C2)c2nccnc21. The lowest BCUT2D eigenvalue weighted by Gasteiger charge is -2.36. The summed E-state index contributed by atoms with van der Waals surface area (Å²) in [6.07, 6.45) is 8.49. The summed E-state index contributed by atoms with van der Waals surface area (Å²) in [5.41, 5.74) is 2.13. The number of aromatic nitrogens is 6. The van der Waals surface area contributed by atoms with E-state index in [0.29, 0.717) is 11.3 Å². The molecular formula is C18H17N7O. The molecule has 1 fully saturated rings. The van der Waals surface area contributed by atoms with Crippen LogP contribution in [0.4, 0.5) is 5.82 Å². The third kappa shape index (κ3) is 2.26. The Morgan fingerprint density at radius 3 is 2.73 bits per heavy atom. The van der Waals surface area contributed by atoms with Crippen LogP contribution in [0, 0.1) is 0 Å². The quantitative estimate of drug-likeness (QED) is 0.609. The molecule has 0 atom stereocenters. The summed E-state index contributed by atoms with van der Waals surface area (Å²) in [6.45, 7) is 0. The molecule has 8 heteroatoms.